The van der Waals surface area contributed by atoms with Gasteiger partial charge < -0.3 is 4.90 Å². The molecule has 6 heteroatoms. The minimum atomic E-state index is -0.897. The van der Waals surface area contributed by atoms with Gasteiger partial charge in [-0.25, -0.2) is 8.78 Å². The Morgan fingerprint density at radius 3 is 2.23 bits per heavy atom. The van der Waals surface area contributed by atoms with Crippen LogP contribution >= 0.6 is 11.6 Å². The van der Waals surface area contributed by atoms with E-state index in [9.17, 15) is 13.6 Å². The van der Waals surface area contributed by atoms with E-state index < -0.39 is 11.6 Å². The van der Waals surface area contributed by atoms with Crippen molar-refractivity contribution in [3.05, 3.63) is 64.7 Å². The van der Waals surface area contributed by atoms with E-state index in [0.717, 1.165) is 6.07 Å². The zero-order chi connectivity index (χ0) is 15.6. The van der Waals surface area contributed by atoms with Gasteiger partial charge in [-0.15, -0.1) is 0 Å². The Labute approximate surface area is 148 Å². The average molecular weight is 357 g/mol. The predicted molar refractivity (Wildman–Crippen MR) is 78.6 cm³/mol. The molecule has 2 rings (SSSR count). The van der Waals surface area contributed by atoms with Crippen molar-refractivity contribution >= 4 is 23.2 Å². The molecule has 0 aliphatic rings. The van der Waals surface area contributed by atoms with E-state index >= 15 is 0 Å². The zero-order valence-corrected chi connectivity index (χ0v) is 14.3. The minimum Gasteiger partial charge on any atom is -0.303 e. The van der Waals surface area contributed by atoms with Crippen molar-refractivity contribution in [3.63, 3.8) is 0 Å². The van der Waals surface area contributed by atoms with Gasteiger partial charge in [-0.1, -0.05) is 11.6 Å². The van der Waals surface area contributed by atoms with Gasteiger partial charge in [-0.05, 0) is 50.2 Å². The number of amides is 1. The Hall–Kier alpha value is -1.23. The molecular weight excluding hydrogens is 343 g/mol. The van der Waals surface area contributed by atoms with Gasteiger partial charge in [0.2, 0.25) is 0 Å². The van der Waals surface area contributed by atoms with Crippen molar-refractivity contribution < 1.29 is 35.3 Å². The normalized spacial score (nSPS) is 10.3. The van der Waals surface area contributed by atoms with Gasteiger partial charge in [-0.2, -0.15) is 0 Å². The van der Waals surface area contributed by atoms with Crippen molar-refractivity contribution in [1.29, 1.82) is 0 Å². The fourth-order valence-corrected chi connectivity index (χ4v) is 2.10. The van der Waals surface area contributed by atoms with Crippen molar-refractivity contribution in [1.82, 2.24) is 0 Å². The summed E-state index contributed by atoms with van der Waals surface area (Å²) in [5.41, 5.74) is 0.364. The third-order valence-electron chi connectivity index (χ3n) is 2.93. The van der Waals surface area contributed by atoms with E-state index in [1.165, 1.54) is 11.0 Å². The van der Waals surface area contributed by atoms with Crippen molar-refractivity contribution in [2.75, 3.05) is 4.90 Å². The Kier molecular flexibility index (Phi) is 6.73. The van der Waals surface area contributed by atoms with Crippen molar-refractivity contribution in [2.45, 2.75) is 19.9 Å². The Bertz CT molecular complexity index is 662. The summed E-state index contributed by atoms with van der Waals surface area (Å²) in [5.74, 6) is -2.09. The van der Waals surface area contributed by atoms with E-state index in [2.05, 4.69) is 0 Å². The molecule has 0 aliphatic carbocycles. The summed E-state index contributed by atoms with van der Waals surface area (Å²) in [5, 5.41) is 0.504. The van der Waals surface area contributed by atoms with Gasteiger partial charge in [0.1, 0.15) is 5.82 Å². The Morgan fingerprint density at radius 2 is 1.73 bits per heavy atom. The van der Waals surface area contributed by atoms with Gasteiger partial charge in [0, 0.05) is 38.3 Å². The topological polar surface area (TPSA) is 20.3 Å². The van der Waals surface area contributed by atoms with Crippen LogP contribution in [0.2, 0.25) is 5.02 Å². The molecule has 0 bridgehead atoms. The van der Waals surface area contributed by atoms with Crippen LogP contribution in [0, 0.1) is 17.7 Å². The second-order valence-electron chi connectivity index (χ2n) is 4.78. The summed E-state index contributed by atoms with van der Waals surface area (Å²) in [4.78, 5) is 13.8. The van der Waals surface area contributed by atoms with E-state index in [0.29, 0.717) is 10.6 Å². The second-order valence-corrected chi connectivity index (χ2v) is 5.22. The van der Waals surface area contributed by atoms with E-state index in [-0.39, 0.29) is 39.4 Å². The Morgan fingerprint density at radius 1 is 1.14 bits per heavy atom. The number of carbonyl (C=O) groups excluding carboxylic acids is 1. The average Bonchev–Trinajstić information content (AvgIpc) is 2.42. The molecular formula is C16H13ClF2NOTi. The molecule has 0 atom stereocenters. The van der Waals surface area contributed by atoms with Gasteiger partial charge in [0.05, 0.1) is 11.8 Å². The predicted octanol–water partition coefficient (Wildman–Crippen LogP) is 4.47. The first-order valence-electron chi connectivity index (χ1n) is 6.36. The number of benzene rings is 2. The molecule has 2 aromatic rings. The van der Waals surface area contributed by atoms with Crippen molar-refractivity contribution in [3.8, 4) is 0 Å². The number of nitrogens with zero attached hydrogens (tertiary/aromatic N) is 1. The van der Waals surface area contributed by atoms with Crippen LogP contribution in [0.1, 0.15) is 24.2 Å². The smallest absolute Gasteiger partial charge is 0.258 e. The first kappa shape index (κ1) is 18.8. The summed E-state index contributed by atoms with van der Waals surface area (Å²) in [6.07, 6.45) is 0. The standard InChI is InChI=1S/C16H13ClF2NO.Ti/c1-10(2)20(15-8-7-13(18)9-14(15)19)16(21)11-3-5-12(17)6-4-11;/h3-8,10H,1-2H3;. The molecule has 1 amide bonds. The van der Waals surface area contributed by atoms with Gasteiger partial charge in [0.25, 0.3) is 5.91 Å². The molecule has 2 nitrogen and oxygen atoms in total. The summed E-state index contributed by atoms with van der Waals surface area (Å²) in [6, 6.07) is 10.2. The molecule has 0 N–H and O–H groups in total. The zero-order valence-electron chi connectivity index (χ0n) is 12.0. The van der Waals surface area contributed by atoms with Gasteiger partial charge in [0.15, 0.2) is 5.82 Å². The molecule has 1 radical (unpaired) electrons. The molecule has 0 aromatic heterocycles. The monoisotopic (exact) mass is 356 g/mol. The number of hydrogen-bond acceptors (Lipinski definition) is 1. The number of rotatable bonds is 3. The van der Waals surface area contributed by atoms with Crippen LogP contribution in [-0.4, -0.2) is 11.9 Å². The first-order chi connectivity index (χ1) is 9.90. The number of halogens is 3. The van der Waals surface area contributed by atoms with E-state index in [4.69, 9.17) is 11.6 Å². The molecule has 0 spiro atoms. The molecule has 22 heavy (non-hydrogen) atoms. The molecule has 0 saturated carbocycles. The van der Waals surface area contributed by atoms with Crippen LogP contribution in [0.5, 0.6) is 0 Å². The first-order valence-corrected chi connectivity index (χ1v) is 6.74. The van der Waals surface area contributed by atoms with Crippen LogP contribution in [-0.2, 0) is 21.7 Å². The molecule has 0 heterocycles. The molecule has 0 aliphatic heterocycles. The fraction of sp³-hybridized carbons (Fsp3) is 0.188. The maximum atomic E-state index is 13.9. The second kappa shape index (κ2) is 7.86. The summed E-state index contributed by atoms with van der Waals surface area (Å²) < 4.78 is 26.9. The van der Waals surface area contributed by atoms with Crippen LogP contribution in [0.15, 0.2) is 36.4 Å². The SMILES string of the molecule is CC(C)N(C(=O)c1ccc(Cl)cc1)c1ccc(F)[c]c1F.[Ti]. The number of hydrogen-bond donors (Lipinski definition) is 0. The number of carbonyl (C=O) groups is 1. The molecule has 2 aromatic carbocycles. The fourth-order valence-electron chi connectivity index (χ4n) is 1.98. The maximum absolute atomic E-state index is 13.9. The quantitative estimate of drug-likeness (QED) is 0.743. The Balaban J connectivity index is 0.00000242. The molecule has 0 saturated heterocycles. The van der Waals surface area contributed by atoms with Crippen LogP contribution in [0.25, 0.3) is 0 Å². The summed E-state index contributed by atoms with van der Waals surface area (Å²) in [7, 11) is 0. The van der Waals surface area contributed by atoms with E-state index in [1.54, 1.807) is 38.1 Å². The largest absolute Gasteiger partial charge is 0.303 e. The molecule has 0 unspecified atom stereocenters. The van der Waals surface area contributed by atoms with Crippen LogP contribution in [0.3, 0.4) is 0 Å². The summed E-state index contributed by atoms with van der Waals surface area (Å²) in [6.45, 7) is 3.49. The molecule has 113 valence electrons. The maximum Gasteiger partial charge on any atom is 0.258 e. The van der Waals surface area contributed by atoms with E-state index in [1.807, 2.05) is 6.07 Å². The van der Waals surface area contributed by atoms with Gasteiger partial charge in [-0.3, -0.25) is 4.79 Å². The third-order valence-corrected chi connectivity index (χ3v) is 3.18. The minimum absolute atomic E-state index is 0. The van der Waals surface area contributed by atoms with Gasteiger partial charge >= 0.3 is 0 Å². The van der Waals surface area contributed by atoms with Crippen LogP contribution < -0.4 is 4.90 Å². The molecule has 0 fully saturated rings. The van der Waals surface area contributed by atoms with Crippen LogP contribution in [0.4, 0.5) is 14.5 Å². The number of anilines is 1. The third kappa shape index (κ3) is 4.16. The summed E-state index contributed by atoms with van der Waals surface area (Å²) >= 11 is 5.79. The van der Waals surface area contributed by atoms with Crippen molar-refractivity contribution in [2.24, 2.45) is 0 Å².